The van der Waals surface area contributed by atoms with Crippen LogP contribution in [0.2, 0.25) is 0 Å². The second kappa shape index (κ2) is 4.53. The van der Waals surface area contributed by atoms with Crippen molar-refractivity contribution in [1.82, 2.24) is 14.4 Å². The Hall–Kier alpha value is -2.10. The topological polar surface area (TPSA) is 42.2 Å². The molecule has 98 valence electrons. The van der Waals surface area contributed by atoms with Crippen LogP contribution in [0.1, 0.15) is 30.1 Å². The van der Waals surface area contributed by atoms with E-state index >= 15 is 0 Å². The number of nitrogens with one attached hydrogen (secondary N) is 1. The Morgan fingerprint density at radius 3 is 2.63 bits per heavy atom. The number of anilines is 1. The molecule has 0 fully saturated rings. The zero-order chi connectivity index (χ0) is 13.4. The number of hydrogen-bond donors (Lipinski definition) is 1. The van der Waals surface area contributed by atoms with Gasteiger partial charge in [-0.25, -0.2) is 9.97 Å². The highest BCUT2D eigenvalue weighted by Gasteiger charge is 2.20. The van der Waals surface area contributed by atoms with Gasteiger partial charge >= 0.3 is 0 Å². The molecule has 4 nitrogen and oxygen atoms in total. The van der Waals surface area contributed by atoms with Crippen LogP contribution in [-0.4, -0.2) is 20.9 Å². The van der Waals surface area contributed by atoms with Crippen molar-refractivity contribution in [3.8, 4) is 0 Å². The number of fused-ring (bicyclic) bond motifs is 1. The molecule has 0 aromatic carbocycles. The summed E-state index contributed by atoms with van der Waals surface area (Å²) in [5.74, 6) is 2.29. The lowest BCUT2D eigenvalue weighted by atomic mass is 10.1. The van der Waals surface area contributed by atoms with Crippen LogP contribution >= 0.6 is 0 Å². The summed E-state index contributed by atoms with van der Waals surface area (Å²) in [7, 11) is 0. The van der Waals surface area contributed by atoms with E-state index in [4.69, 9.17) is 4.98 Å². The van der Waals surface area contributed by atoms with Gasteiger partial charge in [0, 0.05) is 24.2 Å². The zero-order valence-electron chi connectivity index (χ0n) is 11.5. The SMILES string of the molecule is CCNc1c(C2C=CC=C2)nc2cc(C)nc(C)n12. The van der Waals surface area contributed by atoms with E-state index in [1.165, 1.54) is 0 Å². The van der Waals surface area contributed by atoms with Crippen LogP contribution in [0.25, 0.3) is 5.65 Å². The molecule has 19 heavy (non-hydrogen) atoms. The quantitative estimate of drug-likeness (QED) is 0.915. The van der Waals surface area contributed by atoms with E-state index in [2.05, 4.69) is 45.9 Å². The molecule has 0 atom stereocenters. The summed E-state index contributed by atoms with van der Waals surface area (Å²) in [6.45, 7) is 6.99. The van der Waals surface area contributed by atoms with Gasteiger partial charge in [-0.3, -0.25) is 4.40 Å². The highest BCUT2D eigenvalue weighted by Crippen LogP contribution is 2.30. The summed E-state index contributed by atoms with van der Waals surface area (Å²) in [5.41, 5.74) is 3.04. The van der Waals surface area contributed by atoms with Crippen LogP contribution in [0.15, 0.2) is 30.4 Å². The molecular weight excluding hydrogens is 236 g/mol. The van der Waals surface area contributed by atoms with Crippen LogP contribution in [0, 0.1) is 13.8 Å². The van der Waals surface area contributed by atoms with Gasteiger partial charge in [0.25, 0.3) is 0 Å². The molecule has 1 N–H and O–H groups in total. The molecule has 0 amide bonds. The molecule has 1 aliphatic rings. The molecule has 0 bridgehead atoms. The maximum atomic E-state index is 4.79. The smallest absolute Gasteiger partial charge is 0.141 e. The molecule has 4 heteroatoms. The molecule has 0 saturated heterocycles. The molecule has 3 rings (SSSR count). The summed E-state index contributed by atoms with van der Waals surface area (Å²) < 4.78 is 2.10. The standard InChI is InChI=1S/C15H18N4/c1-4-16-15-14(12-7-5-6-8-12)18-13-9-10(2)17-11(3)19(13)15/h5-9,12,16H,4H2,1-3H3. The average Bonchev–Trinajstić information content (AvgIpc) is 2.96. The Balaban J connectivity index is 2.26. The van der Waals surface area contributed by atoms with Gasteiger partial charge in [0.15, 0.2) is 0 Å². The van der Waals surface area contributed by atoms with Crippen LogP contribution in [0.4, 0.5) is 5.82 Å². The fourth-order valence-electron chi connectivity index (χ4n) is 2.59. The van der Waals surface area contributed by atoms with Gasteiger partial charge in [-0.2, -0.15) is 0 Å². The maximum absolute atomic E-state index is 4.79. The first-order valence-electron chi connectivity index (χ1n) is 6.66. The van der Waals surface area contributed by atoms with Crippen molar-refractivity contribution in [3.05, 3.63) is 47.6 Å². The Labute approximate surface area is 112 Å². The third-order valence-corrected chi connectivity index (χ3v) is 3.34. The molecule has 2 aromatic rings. The molecular formula is C15H18N4. The van der Waals surface area contributed by atoms with Crippen molar-refractivity contribution in [3.63, 3.8) is 0 Å². The minimum atomic E-state index is 0.258. The number of hydrogen-bond acceptors (Lipinski definition) is 3. The molecule has 1 aliphatic carbocycles. The summed E-state index contributed by atoms with van der Waals surface area (Å²) >= 11 is 0. The van der Waals surface area contributed by atoms with Crippen LogP contribution < -0.4 is 5.32 Å². The van der Waals surface area contributed by atoms with Crippen molar-refractivity contribution >= 4 is 11.5 Å². The van der Waals surface area contributed by atoms with Crippen molar-refractivity contribution in [2.45, 2.75) is 26.7 Å². The second-order valence-electron chi connectivity index (χ2n) is 4.81. The van der Waals surface area contributed by atoms with Crippen molar-refractivity contribution < 1.29 is 0 Å². The number of nitrogens with zero attached hydrogens (tertiary/aromatic N) is 3. The molecule has 0 saturated carbocycles. The highest BCUT2D eigenvalue weighted by molar-refractivity contribution is 5.59. The van der Waals surface area contributed by atoms with E-state index < -0.39 is 0 Å². The summed E-state index contributed by atoms with van der Waals surface area (Å²) in [5, 5.41) is 3.43. The summed E-state index contributed by atoms with van der Waals surface area (Å²) in [4.78, 5) is 9.32. The van der Waals surface area contributed by atoms with Crippen LogP contribution in [0.3, 0.4) is 0 Å². The monoisotopic (exact) mass is 254 g/mol. The lowest BCUT2D eigenvalue weighted by Crippen LogP contribution is -2.07. The van der Waals surface area contributed by atoms with Gasteiger partial charge in [-0.15, -0.1) is 0 Å². The number of allylic oxidation sites excluding steroid dienone is 4. The van der Waals surface area contributed by atoms with E-state index in [9.17, 15) is 0 Å². The van der Waals surface area contributed by atoms with E-state index in [1.807, 2.05) is 19.9 Å². The molecule has 0 spiro atoms. The van der Waals surface area contributed by atoms with Crippen molar-refractivity contribution in [1.29, 1.82) is 0 Å². The zero-order valence-corrected chi connectivity index (χ0v) is 11.5. The van der Waals surface area contributed by atoms with Crippen LogP contribution in [0.5, 0.6) is 0 Å². The highest BCUT2D eigenvalue weighted by atomic mass is 15.2. The third-order valence-electron chi connectivity index (χ3n) is 3.34. The predicted molar refractivity (Wildman–Crippen MR) is 77.6 cm³/mol. The Kier molecular flexibility index (Phi) is 2.85. The predicted octanol–water partition coefficient (Wildman–Crippen LogP) is 2.99. The van der Waals surface area contributed by atoms with Gasteiger partial charge in [-0.05, 0) is 20.8 Å². The fourth-order valence-corrected chi connectivity index (χ4v) is 2.59. The van der Waals surface area contributed by atoms with E-state index in [0.29, 0.717) is 0 Å². The first-order chi connectivity index (χ1) is 9.20. The largest absolute Gasteiger partial charge is 0.370 e. The van der Waals surface area contributed by atoms with Gasteiger partial charge in [0.05, 0.1) is 5.69 Å². The number of aryl methyl sites for hydroxylation is 2. The average molecular weight is 254 g/mol. The van der Waals surface area contributed by atoms with E-state index in [0.717, 1.165) is 35.2 Å². The minimum Gasteiger partial charge on any atom is -0.370 e. The lowest BCUT2D eigenvalue weighted by Gasteiger charge is -2.10. The molecule has 2 aromatic heterocycles. The Morgan fingerprint density at radius 1 is 1.21 bits per heavy atom. The van der Waals surface area contributed by atoms with Crippen LogP contribution in [-0.2, 0) is 0 Å². The second-order valence-corrected chi connectivity index (χ2v) is 4.81. The number of aromatic nitrogens is 3. The first kappa shape index (κ1) is 12.0. The fraction of sp³-hybridized carbons (Fsp3) is 0.333. The Morgan fingerprint density at radius 2 is 1.95 bits per heavy atom. The third kappa shape index (κ3) is 1.93. The van der Waals surface area contributed by atoms with Crippen molar-refractivity contribution in [2.24, 2.45) is 0 Å². The number of imidazole rings is 1. The molecule has 2 heterocycles. The molecule has 0 radical (unpaired) electrons. The first-order valence-corrected chi connectivity index (χ1v) is 6.66. The van der Waals surface area contributed by atoms with Gasteiger partial charge < -0.3 is 5.32 Å². The van der Waals surface area contributed by atoms with Gasteiger partial charge in [-0.1, -0.05) is 24.3 Å². The Bertz CT molecular complexity index is 667. The minimum absolute atomic E-state index is 0.258. The number of rotatable bonds is 3. The summed E-state index contributed by atoms with van der Waals surface area (Å²) in [6.07, 6.45) is 8.47. The van der Waals surface area contributed by atoms with Gasteiger partial charge in [0.2, 0.25) is 0 Å². The molecule has 0 aliphatic heterocycles. The van der Waals surface area contributed by atoms with Crippen molar-refractivity contribution in [2.75, 3.05) is 11.9 Å². The summed E-state index contributed by atoms with van der Waals surface area (Å²) in [6, 6.07) is 2.03. The normalized spacial score (nSPS) is 14.7. The maximum Gasteiger partial charge on any atom is 0.141 e. The van der Waals surface area contributed by atoms with Gasteiger partial charge in [0.1, 0.15) is 17.3 Å². The lowest BCUT2D eigenvalue weighted by molar-refractivity contribution is 0.950. The van der Waals surface area contributed by atoms with E-state index in [-0.39, 0.29) is 5.92 Å². The molecule has 0 unspecified atom stereocenters. The van der Waals surface area contributed by atoms with E-state index in [1.54, 1.807) is 0 Å².